The number of piperazine rings is 1. The highest BCUT2D eigenvalue weighted by Crippen LogP contribution is 2.26. The molecule has 1 aromatic heterocycles. The van der Waals surface area contributed by atoms with Gasteiger partial charge in [0.05, 0.1) is 18.2 Å². The highest BCUT2D eigenvalue weighted by Gasteiger charge is 2.21. The molecule has 174 valence electrons. The normalized spacial score (nSPS) is 15.0. The smallest absolute Gasteiger partial charge is 0.238 e. The SMILES string of the molecule is Cc1cccc(C)c1NC(=O)CN1CCN(Cn2nc(-c3ccccc3Cl)n(C)c2=S)CC1. The fourth-order valence-corrected chi connectivity index (χ4v) is 4.53. The summed E-state index contributed by atoms with van der Waals surface area (Å²) >= 11 is 12.0. The van der Waals surface area contributed by atoms with Crippen LogP contribution in [0.2, 0.25) is 5.02 Å². The van der Waals surface area contributed by atoms with E-state index in [1.165, 1.54) is 0 Å². The minimum Gasteiger partial charge on any atom is -0.324 e. The lowest BCUT2D eigenvalue weighted by Crippen LogP contribution is -2.49. The Morgan fingerprint density at radius 1 is 1.03 bits per heavy atom. The molecule has 0 saturated carbocycles. The van der Waals surface area contributed by atoms with Gasteiger partial charge in [-0.05, 0) is 49.3 Å². The van der Waals surface area contributed by atoms with Crippen LogP contribution in [0.25, 0.3) is 11.4 Å². The van der Waals surface area contributed by atoms with E-state index in [2.05, 4.69) is 15.1 Å². The van der Waals surface area contributed by atoms with Gasteiger partial charge in [0.25, 0.3) is 0 Å². The van der Waals surface area contributed by atoms with Gasteiger partial charge in [-0.15, -0.1) is 0 Å². The lowest BCUT2D eigenvalue weighted by molar-refractivity contribution is -0.117. The number of aromatic nitrogens is 3. The summed E-state index contributed by atoms with van der Waals surface area (Å²) in [5, 5.41) is 8.47. The van der Waals surface area contributed by atoms with Gasteiger partial charge in [-0.3, -0.25) is 14.6 Å². The molecule has 33 heavy (non-hydrogen) atoms. The van der Waals surface area contributed by atoms with Gasteiger partial charge in [0.1, 0.15) is 0 Å². The predicted octanol–water partition coefficient (Wildman–Crippen LogP) is 4.10. The summed E-state index contributed by atoms with van der Waals surface area (Å²) in [6, 6.07) is 13.7. The zero-order valence-corrected chi connectivity index (χ0v) is 20.8. The number of amides is 1. The molecule has 0 unspecified atom stereocenters. The fraction of sp³-hybridized carbons (Fsp3) is 0.375. The average molecular weight is 485 g/mol. The molecule has 4 rings (SSSR count). The second kappa shape index (κ2) is 10.2. The van der Waals surface area contributed by atoms with Crippen molar-refractivity contribution in [2.45, 2.75) is 20.5 Å². The maximum absolute atomic E-state index is 12.6. The second-order valence-electron chi connectivity index (χ2n) is 8.50. The molecule has 1 saturated heterocycles. The molecule has 9 heteroatoms. The molecule has 1 N–H and O–H groups in total. The Hall–Kier alpha value is -2.52. The minimum absolute atomic E-state index is 0.0252. The number of carbonyl (C=O) groups excluding carboxylic acids is 1. The molecule has 1 aliphatic heterocycles. The number of benzene rings is 2. The van der Waals surface area contributed by atoms with Gasteiger partial charge in [-0.1, -0.05) is 41.9 Å². The summed E-state index contributed by atoms with van der Waals surface area (Å²) < 4.78 is 4.39. The van der Waals surface area contributed by atoms with Gasteiger partial charge in [-0.25, -0.2) is 4.68 Å². The zero-order chi connectivity index (χ0) is 23.5. The van der Waals surface area contributed by atoms with Crippen molar-refractivity contribution in [2.75, 3.05) is 38.0 Å². The molecule has 0 spiro atoms. The van der Waals surface area contributed by atoms with Gasteiger partial charge >= 0.3 is 0 Å². The van der Waals surface area contributed by atoms with E-state index in [0.717, 1.165) is 54.4 Å². The molecule has 2 heterocycles. The maximum Gasteiger partial charge on any atom is 0.238 e. The molecule has 3 aromatic rings. The number of carbonyl (C=O) groups is 1. The van der Waals surface area contributed by atoms with Crippen molar-refractivity contribution in [1.29, 1.82) is 0 Å². The van der Waals surface area contributed by atoms with Crippen LogP contribution in [0, 0.1) is 18.6 Å². The number of halogens is 1. The van der Waals surface area contributed by atoms with Gasteiger partial charge < -0.3 is 9.88 Å². The standard InChI is InChI=1S/C24H29ClN6OS/c1-17-7-6-8-18(2)22(17)26-21(32)15-29-11-13-30(14-12-29)16-31-24(33)28(3)23(27-31)19-9-4-5-10-20(19)25/h4-10H,11-16H2,1-3H3,(H,26,32). The van der Waals surface area contributed by atoms with Crippen molar-refractivity contribution in [2.24, 2.45) is 7.05 Å². The number of anilines is 1. The Morgan fingerprint density at radius 3 is 2.33 bits per heavy atom. The van der Waals surface area contributed by atoms with Crippen LogP contribution in [0.5, 0.6) is 0 Å². The van der Waals surface area contributed by atoms with Crippen LogP contribution < -0.4 is 5.32 Å². The Kier molecular flexibility index (Phi) is 7.29. The van der Waals surface area contributed by atoms with E-state index >= 15 is 0 Å². The molecule has 7 nitrogen and oxygen atoms in total. The third-order valence-electron chi connectivity index (χ3n) is 6.07. The van der Waals surface area contributed by atoms with Crippen LogP contribution in [0.15, 0.2) is 42.5 Å². The van der Waals surface area contributed by atoms with Gasteiger partial charge in [0.15, 0.2) is 10.6 Å². The van der Waals surface area contributed by atoms with E-state index in [0.29, 0.717) is 23.0 Å². The summed E-state index contributed by atoms with van der Waals surface area (Å²) in [5.41, 5.74) is 3.94. The fourth-order valence-electron chi connectivity index (χ4n) is 4.13. The van der Waals surface area contributed by atoms with Gasteiger partial charge in [0, 0.05) is 44.5 Å². The quantitative estimate of drug-likeness (QED) is 0.534. The van der Waals surface area contributed by atoms with Crippen molar-refractivity contribution in [3.05, 3.63) is 63.4 Å². The summed E-state index contributed by atoms with van der Waals surface area (Å²) in [5.74, 6) is 0.782. The average Bonchev–Trinajstić information content (AvgIpc) is 3.06. The Bertz CT molecular complexity index is 1190. The van der Waals surface area contributed by atoms with E-state index in [1.807, 2.05) is 72.6 Å². The molecule has 1 fully saturated rings. The summed E-state index contributed by atoms with van der Waals surface area (Å²) in [4.78, 5) is 17.1. The molecule has 1 amide bonds. The van der Waals surface area contributed by atoms with Crippen LogP contribution in [0.4, 0.5) is 5.69 Å². The summed E-state index contributed by atoms with van der Waals surface area (Å²) in [6.45, 7) is 8.35. The van der Waals surface area contributed by atoms with E-state index < -0.39 is 0 Å². The zero-order valence-electron chi connectivity index (χ0n) is 19.2. The number of rotatable bonds is 6. The lowest BCUT2D eigenvalue weighted by Gasteiger charge is -2.34. The molecule has 1 aliphatic rings. The minimum atomic E-state index is 0.0252. The third kappa shape index (κ3) is 5.35. The first-order valence-corrected chi connectivity index (χ1v) is 11.8. The monoisotopic (exact) mass is 484 g/mol. The first kappa shape index (κ1) is 23.6. The van der Waals surface area contributed by atoms with Crippen LogP contribution >= 0.6 is 23.8 Å². The number of nitrogens with zero attached hydrogens (tertiary/aromatic N) is 5. The lowest BCUT2D eigenvalue weighted by atomic mass is 10.1. The first-order valence-electron chi connectivity index (χ1n) is 11.0. The van der Waals surface area contributed by atoms with Crippen LogP contribution in [0.1, 0.15) is 11.1 Å². The molecular weight excluding hydrogens is 456 g/mol. The van der Waals surface area contributed by atoms with Crippen LogP contribution in [-0.4, -0.2) is 62.8 Å². The Labute approximate surface area is 204 Å². The van der Waals surface area contributed by atoms with Crippen LogP contribution in [0.3, 0.4) is 0 Å². The number of para-hydroxylation sites is 1. The van der Waals surface area contributed by atoms with Crippen molar-refractivity contribution in [1.82, 2.24) is 24.1 Å². The molecular formula is C24H29ClN6OS. The molecule has 0 aliphatic carbocycles. The van der Waals surface area contributed by atoms with Crippen molar-refractivity contribution >= 4 is 35.4 Å². The van der Waals surface area contributed by atoms with E-state index in [1.54, 1.807) is 0 Å². The number of hydrogen-bond donors (Lipinski definition) is 1. The largest absolute Gasteiger partial charge is 0.324 e. The van der Waals surface area contributed by atoms with Crippen molar-refractivity contribution in [3.8, 4) is 11.4 Å². The Morgan fingerprint density at radius 2 is 1.67 bits per heavy atom. The van der Waals surface area contributed by atoms with Crippen LogP contribution in [-0.2, 0) is 18.5 Å². The second-order valence-corrected chi connectivity index (χ2v) is 9.27. The highest BCUT2D eigenvalue weighted by atomic mass is 35.5. The van der Waals surface area contributed by atoms with Crippen molar-refractivity contribution in [3.63, 3.8) is 0 Å². The van der Waals surface area contributed by atoms with E-state index in [4.69, 9.17) is 28.9 Å². The highest BCUT2D eigenvalue weighted by molar-refractivity contribution is 7.71. The molecule has 0 bridgehead atoms. The molecule has 0 radical (unpaired) electrons. The van der Waals surface area contributed by atoms with E-state index in [9.17, 15) is 4.79 Å². The Balaban J connectivity index is 1.34. The number of aryl methyl sites for hydroxylation is 2. The van der Waals surface area contributed by atoms with Crippen molar-refractivity contribution < 1.29 is 4.79 Å². The first-order chi connectivity index (χ1) is 15.8. The summed E-state index contributed by atoms with van der Waals surface area (Å²) in [7, 11) is 1.91. The number of nitrogens with one attached hydrogen (secondary N) is 1. The molecule has 2 aromatic carbocycles. The van der Waals surface area contributed by atoms with Gasteiger partial charge in [-0.2, -0.15) is 5.10 Å². The van der Waals surface area contributed by atoms with E-state index in [-0.39, 0.29) is 5.91 Å². The maximum atomic E-state index is 12.6. The predicted molar refractivity (Wildman–Crippen MR) is 135 cm³/mol. The third-order valence-corrected chi connectivity index (χ3v) is 6.88. The molecule has 0 atom stereocenters. The van der Waals surface area contributed by atoms with Gasteiger partial charge in [0.2, 0.25) is 5.91 Å². The summed E-state index contributed by atoms with van der Waals surface area (Å²) in [6.07, 6.45) is 0. The number of hydrogen-bond acceptors (Lipinski definition) is 5. The topological polar surface area (TPSA) is 58.3 Å².